The molecule has 5 nitrogen and oxygen atoms in total. The second-order valence-corrected chi connectivity index (χ2v) is 5.18. The highest BCUT2D eigenvalue weighted by Gasteiger charge is 2.42. The van der Waals surface area contributed by atoms with Gasteiger partial charge in [-0.15, -0.1) is 0 Å². The molecule has 0 amide bonds. The molecule has 1 saturated heterocycles. The molecule has 1 aliphatic carbocycles. The number of hydrogen-bond acceptors (Lipinski definition) is 4. The predicted molar refractivity (Wildman–Crippen MR) is 65.6 cm³/mol. The summed E-state index contributed by atoms with van der Waals surface area (Å²) in [7, 11) is 0. The first-order chi connectivity index (χ1) is 8.65. The number of nitrogens with zero attached hydrogens (tertiary/aromatic N) is 2. The van der Waals surface area contributed by atoms with Crippen LogP contribution in [-0.2, 0) is 0 Å². The maximum absolute atomic E-state index is 10.9. The molecular weight excluding hydrogens is 232 g/mol. The molecule has 2 fully saturated rings. The Balaban J connectivity index is 1.80. The number of carboxylic acids is 1. The fraction of sp³-hybridized carbons (Fsp3) is 0.538. The SMILES string of the molecule is O=C(O)c1ccnc(N2CC3CCC(O)C3C2)c1. The number of aromatic nitrogens is 1. The van der Waals surface area contributed by atoms with Gasteiger partial charge in [-0.2, -0.15) is 0 Å². The molecule has 3 rings (SSSR count). The van der Waals surface area contributed by atoms with Gasteiger partial charge in [-0.1, -0.05) is 0 Å². The van der Waals surface area contributed by atoms with Crippen molar-refractivity contribution in [2.24, 2.45) is 11.8 Å². The van der Waals surface area contributed by atoms with Crippen LogP contribution in [0.1, 0.15) is 23.2 Å². The fourth-order valence-corrected chi connectivity index (χ4v) is 3.15. The molecule has 2 aliphatic rings. The molecule has 0 aromatic carbocycles. The molecule has 1 aliphatic heterocycles. The highest BCUT2D eigenvalue weighted by Crippen LogP contribution is 2.39. The lowest BCUT2D eigenvalue weighted by Gasteiger charge is -2.19. The zero-order chi connectivity index (χ0) is 12.7. The minimum atomic E-state index is -0.932. The fourth-order valence-electron chi connectivity index (χ4n) is 3.15. The molecule has 1 aromatic rings. The summed E-state index contributed by atoms with van der Waals surface area (Å²) in [4.78, 5) is 17.3. The van der Waals surface area contributed by atoms with Crippen LogP contribution in [0.2, 0.25) is 0 Å². The number of hydrogen-bond donors (Lipinski definition) is 2. The smallest absolute Gasteiger partial charge is 0.335 e. The number of anilines is 1. The molecule has 2 heterocycles. The monoisotopic (exact) mass is 248 g/mol. The quantitative estimate of drug-likeness (QED) is 0.816. The van der Waals surface area contributed by atoms with Crippen molar-refractivity contribution in [2.75, 3.05) is 18.0 Å². The standard InChI is InChI=1S/C13H16N2O3/c16-11-2-1-9-6-15(7-10(9)11)12-5-8(13(17)18)3-4-14-12/h3-5,9-11,16H,1-2,6-7H2,(H,17,18). The Morgan fingerprint density at radius 3 is 2.94 bits per heavy atom. The number of carboxylic acid groups (broad SMARTS) is 1. The van der Waals surface area contributed by atoms with E-state index in [1.165, 1.54) is 12.3 Å². The first-order valence-corrected chi connectivity index (χ1v) is 6.27. The van der Waals surface area contributed by atoms with Crippen molar-refractivity contribution in [2.45, 2.75) is 18.9 Å². The second kappa shape index (κ2) is 4.24. The van der Waals surface area contributed by atoms with E-state index < -0.39 is 5.97 Å². The Labute approximate surface area is 105 Å². The number of rotatable bonds is 2. The Hall–Kier alpha value is -1.62. The van der Waals surface area contributed by atoms with Gasteiger partial charge in [0.15, 0.2) is 0 Å². The summed E-state index contributed by atoms with van der Waals surface area (Å²) >= 11 is 0. The Kier molecular flexibility index (Phi) is 2.70. The summed E-state index contributed by atoms with van der Waals surface area (Å²) in [6.45, 7) is 1.65. The Morgan fingerprint density at radius 1 is 1.39 bits per heavy atom. The van der Waals surface area contributed by atoms with E-state index in [9.17, 15) is 9.90 Å². The van der Waals surface area contributed by atoms with Crippen LogP contribution < -0.4 is 4.90 Å². The summed E-state index contributed by atoms with van der Waals surface area (Å²) in [6, 6.07) is 3.10. The second-order valence-electron chi connectivity index (χ2n) is 5.18. The predicted octanol–water partition coefficient (Wildman–Crippen LogP) is 0.987. The van der Waals surface area contributed by atoms with Crippen molar-refractivity contribution in [3.8, 4) is 0 Å². The molecule has 3 atom stereocenters. The summed E-state index contributed by atoms with van der Waals surface area (Å²) in [5.41, 5.74) is 0.262. The van der Waals surface area contributed by atoms with E-state index in [1.54, 1.807) is 6.07 Å². The highest BCUT2D eigenvalue weighted by atomic mass is 16.4. The molecule has 1 aromatic heterocycles. The van der Waals surface area contributed by atoms with Gasteiger partial charge in [-0.3, -0.25) is 0 Å². The van der Waals surface area contributed by atoms with Crippen LogP contribution in [0.15, 0.2) is 18.3 Å². The molecule has 3 unspecified atom stereocenters. The van der Waals surface area contributed by atoms with E-state index in [-0.39, 0.29) is 11.7 Å². The van der Waals surface area contributed by atoms with Gasteiger partial charge in [0.1, 0.15) is 5.82 Å². The van der Waals surface area contributed by atoms with Crippen molar-refractivity contribution in [1.82, 2.24) is 4.98 Å². The first kappa shape index (κ1) is 11.5. The van der Waals surface area contributed by atoms with Crippen LogP contribution in [0, 0.1) is 11.8 Å². The molecule has 96 valence electrons. The number of carbonyl (C=O) groups is 1. The average molecular weight is 248 g/mol. The topological polar surface area (TPSA) is 73.7 Å². The normalized spacial score (nSPS) is 30.5. The third-order valence-electron chi connectivity index (χ3n) is 4.14. The lowest BCUT2D eigenvalue weighted by atomic mass is 10.00. The van der Waals surface area contributed by atoms with Crippen LogP contribution in [0.5, 0.6) is 0 Å². The van der Waals surface area contributed by atoms with Crippen molar-refractivity contribution >= 4 is 11.8 Å². The van der Waals surface area contributed by atoms with Crippen LogP contribution >= 0.6 is 0 Å². The van der Waals surface area contributed by atoms with E-state index in [1.807, 2.05) is 0 Å². The maximum Gasteiger partial charge on any atom is 0.335 e. The van der Waals surface area contributed by atoms with Gasteiger partial charge in [-0.05, 0) is 30.9 Å². The molecule has 18 heavy (non-hydrogen) atoms. The van der Waals surface area contributed by atoms with Crippen molar-refractivity contribution in [1.29, 1.82) is 0 Å². The van der Waals surface area contributed by atoms with Crippen LogP contribution in [0.4, 0.5) is 5.82 Å². The number of aromatic carboxylic acids is 1. The van der Waals surface area contributed by atoms with E-state index in [2.05, 4.69) is 9.88 Å². The maximum atomic E-state index is 10.9. The summed E-state index contributed by atoms with van der Waals surface area (Å²) < 4.78 is 0. The van der Waals surface area contributed by atoms with Gasteiger partial charge in [-0.25, -0.2) is 9.78 Å². The number of pyridine rings is 1. The van der Waals surface area contributed by atoms with E-state index in [4.69, 9.17) is 5.11 Å². The summed E-state index contributed by atoms with van der Waals surface area (Å²) in [5.74, 6) is 0.616. The van der Waals surface area contributed by atoms with E-state index >= 15 is 0 Å². The van der Waals surface area contributed by atoms with Crippen LogP contribution in [0.3, 0.4) is 0 Å². The van der Waals surface area contributed by atoms with Gasteiger partial charge in [0.05, 0.1) is 11.7 Å². The number of aliphatic hydroxyl groups is 1. The minimum Gasteiger partial charge on any atom is -0.478 e. The lowest BCUT2D eigenvalue weighted by molar-refractivity contribution is 0.0696. The van der Waals surface area contributed by atoms with E-state index in [0.29, 0.717) is 17.7 Å². The van der Waals surface area contributed by atoms with Crippen molar-refractivity contribution < 1.29 is 15.0 Å². The van der Waals surface area contributed by atoms with Crippen molar-refractivity contribution in [3.63, 3.8) is 0 Å². The van der Waals surface area contributed by atoms with Gasteiger partial charge in [0, 0.05) is 25.2 Å². The highest BCUT2D eigenvalue weighted by molar-refractivity contribution is 5.88. The van der Waals surface area contributed by atoms with Crippen LogP contribution in [0.25, 0.3) is 0 Å². The first-order valence-electron chi connectivity index (χ1n) is 6.27. The molecule has 5 heteroatoms. The minimum absolute atomic E-state index is 0.206. The summed E-state index contributed by atoms with van der Waals surface area (Å²) in [6.07, 6.45) is 3.28. The van der Waals surface area contributed by atoms with Gasteiger partial charge < -0.3 is 15.1 Å². The molecule has 0 spiro atoms. The molecular formula is C13H16N2O3. The van der Waals surface area contributed by atoms with Gasteiger partial charge in [0.25, 0.3) is 0 Å². The molecule has 0 bridgehead atoms. The molecule has 0 radical (unpaired) electrons. The molecule has 1 saturated carbocycles. The lowest BCUT2D eigenvalue weighted by Crippen LogP contribution is -2.25. The Bertz CT molecular complexity index is 477. The third kappa shape index (κ3) is 1.84. The van der Waals surface area contributed by atoms with Crippen LogP contribution in [-0.4, -0.2) is 40.4 Å². The van der Waals surface area contributed by atoms with Gasteiger partial charge >= 0.3 is 5.97 Å². The van der Waals surface area contributed by atoms with Crippen molar-refractivity contribution in [3.05, 3.63) is 23.9 Å². The Morgan fingerprint density at radius 2 is 2.22 bits per heavy atom. The molecule has 2 N–H and O–H groups in total. The van der Waals surface area contributed by atoms with E-state index in [0.717, 1.165) is 25.9 Å². The largest absolute Gasteiger partial charge is 0.478 e. The zero-order valence-electron chi connectivity index (χ0n) is 9.99. The zero-order valence-corrected chi connectivity index (χ0v) is 9.99. The summed E-state index contributed by atoms with van der Waals surface area (Å²) in [5, 5.41) is 18.8. The average Bonchev–Trinajstić information content (AvgIpc) is 2.92. The third-order valence-corrected chi connectivity index (χ3v) is 4.14. The number of aliphatic hydroxyl groups excluding tert-OH is 1. The van der Waals surface area contributed by atoms with Gasteiger partial charge in [0.2, 0.25) is 0 Å². The number of fused-ring (bicyclic) bond motifs is 1.